The minimum atomic E-state index is 0.137. The molecule has 2 saturated heterocycles. The average molecular weight is 355 g/mol. The number of hydrogen-bond donors (Lipinski definition) is 0. The first-order valence-electron chi connectivity index (χ1n) is 9.90. The molecule has 1 atom stereocenters. The highest BCUT2D eigenvalue weighted by Crippen LogP contribution is 2.27. The Morgan fingerprint density at radius 3 is 2.77 bits per heavy atom. The number of para-hydroxylation sites is 1. The third-order valence-electron chi connectivity index (χ3n) is 5.97. The van der Waals surface area contributed by atoms with Gasteiger partial charge in [0.05, 0.1) is 5.56 Å². The number of likely N-dealkylation sites (N-methyl/N-ethyl adjacent to an activating group) is 1. The number of furan rings is 1. The maximum Gasteiger partial charge on any atom is 0.257 e. The van der Waals surface area contributed by atoms with Gasteiger partial charge >= 0.3 is 0 Å². The third-order valence-corrected chi connectivity index (χ3v) is 5.97. The Labute approximate surface area is 155 Å². The summed E-state index contributed by atoms with van der Waals surface area (Å²) in [6.45, 7) is 6.54. The van der Waals surface area contributed by atoms with Gasteiger partial charge in [-0.2, -0.15) is 0 Å². The van der Waals surface area contributed by atoms with Crippen molar-refractivity contribution in [2.24, 2.45) is 0 Å². The van der Waals surface area contributed by atoms with E-state index in [2.05, 4.69) is 21.7 Å². The Bertz CT molecular complexity index is 749. The van der Waals surface area contributed by atoms with Crippen molar-refractivity contribution >= 4 is 16.9 Å². The first-order valence-corrected chi connectivity index (χ1v) is 9.90. The lowest BCUT2D eigenvalue weighted by Crippen LogP contribution is -2.48. The van der Waals surface area contributed by atoms with E-state index in [1.807, 2.05) is 24.3 Å². The SMILES string of the molecule is CN1CCN(CCC2CCCCN2C(=O)c2coc3ccccc23)CC1. The summed E-state index contributed by atoms with van der Waals surface area (Å²) in [6.07, 6.45) is 6.16. The molecule has 3 heterocycles. The van der Waals surface area contributed by atoms with Crippen molar-refractivity contribution in [2.45, 2.75) is 31.7 Å². The molecule has 26 heavy (non-hydrogen) atoms. The zero-order valence-electron chi connectivity index (χ0n) is 15.7. The molecule has 0 bridgehead atoms. The molecule has 1 aromatic heterocycles. The second-order valence-corrected chi connectivity index (χ2v) is 7.73. The third kappa shape index (κ3) is 3.64. The van der Waals surface area contributed by atoms with Gasteiger partial charge in [0.15, 0.2) is 0 Å². The molecule has 0 aliphatic carbocycles. The van der Waals surface area contributed by atoms with E-state index in [1.54, 1.807) is 6.26 Å². The van der Waals surface area contributed by atoms with Gasteiger partial charge in [-0.05, 0) is 38.8 Å². The van der Waals surface area contributed by atoms with Crippen molar-refractivity contribution in [3.05, 3.63) is 36.1 Å². The van der Waals surface area contributed by atoms with Gasteiger partial charge in [0.1, 0.15) is 11.8 Å². The monoisotopic (exact) mass is 355 g/mol. The van der Waals surface area contributed by atoms with Gasteiger partial charge < -0.3 is 19.1 Å². The van der Waals surface area contributed by atoms with Crippen LogP contribution in [0.15, 0.2) is 34.9 Å². The van der Waals surface area contributed by atoms with Crippen molar-refractivity contribution in [1.82, 2.24) is 14.7 Å². The van der Waals surface area contributed by atoms with Gasteiger partial charge in [0.25, 0.3) is 5.91 Å². The molecule has 1 amide bonds. The molecule has 2 fully saturated rings. The summed E-state index contributed by atoms with van der Waals surface area (Å²) in [5.74, 6) is 0.137. The fraction of sp³-hybridized carbons (Fsp3) is 0.571. The number of nitrogens with zero attached hydrogens (tertiary/aromatic N) is 3. The normalized spacial score (nSPS) is 22.8. The molecular weight excluding hydrogens is 326 g/mol. The van der Waals surface area contributed by atoms with Gasteiger partial charge in [-0.15, -0.1) is 0 Å². The van der Waals surface area contributed by atoms with Crippen LogP contribution in [0.25, 0.3) is 11.0 Å². The molecule has 1 unspecified atom stereocenters. The number of piperidine rings is 1. The van der Waals surface area contributed by atoms with Crippen LogP contribution in [0.4, 0.5) is 0 Å². The molecule has 140 valence electrons. The van der Waals surface area contributed by atoms with E-state index in [1.165, 1.54) is 6.42 Å². The summed E-state index contributed by atoms with van der Waals surface area (Å²) in [7, 11) is 2.19. The maximum absolute atomic E-state index is 13.2. The number of amides is 1. The highest BCUT2D eigenvalue weighted by atomic mass is 16.3. The van der Waals surface area contributed by atoms with Crippen LogP contribution in [-0.2, 0) is 0 Å². The second-order valence-electron chi connectivity index (χ2n) is 7.73. The fourth-order valence-electron chi connectivity index (χ4n) is 4.27. The van der Waals surface area contributed by atoms with Crippen LogP contribution >= 0.6 is 0 Å². The number of carbonyl (C=O) groups excluding carboxylic acids is 1. The van der Waals surface area contributed by atoms with Crippen LogP contribution in [0.1, 0.15) is 36.0 Å². The van der Waals surface area contributed by atoms with Crippen LogP contribution in [-0.4, -0.2) is 73.0 Å². The number of benzene rings is 1. The van der Waals surface area contributed by atoms with Crippen molar-refractivity contribution in [3.8, 4) is 0 Å². The Hall–Kier alpha value is -1.85. The molecule has 5 nitrogen and oxygen atoms in total. The predicted molar refractivity (Wildman–Crippen MR) is 103 cm³/mol. The van der Waals surface area contributed by atoms with E-state index in [4.69, 9.17) is 4.42 Å². The van der Waals surface area contributed by atoms with Crippen LogP contribution in [0, 0.1) is 0 Å². The minimum absolute atomic E-state index is 0.137. The van der Waals surface area contributed by atoms with E-state index in [0.29, 0.717) is 11.6 Å². The number of likely N-dealkylation sites (tertiary alicyclic amines) is 1. The van der Waals surface area contributed by atoms with Crippen molar-refractivity contribution in [2.75, 3.05) is 46.3 Å². The summed E-state index contributed by atoms with van der Waals surface area (Å²) >= 11 is 0. The highest BCUT2D eigenvalue weighted by Gasteiger charge is 2.29. The standard InChI is InChI=1S/C21H29N3O2/c1-22-12-14-23(15-13-22)11-9-17-6-4-5-10-24(17)21(25)19-16-26-20-8-3-2-7-18(19)20/h2-3,7-8,16-17H,4-6,9-15H2,1H3. The lowest BCUT2D eigenvalue weighted by Gasteiger charge is -2.38. The molecule has 2 aromatic rings. The summed E-state index contributed by atoms with van der Waals surface area (Å²) in [5, 5.41) is 0.931. The van der Waals surface area contributed by atoms with Crippen molar-refractivity contribution < 1.29 is 9.21 Å². The fourth-order valence-corrected chi connectivity index (χ4v) is 4.27. The number of rotatable bonds is 4. The number of fused-ring (bicyclic) bond motifs is 1. The van der Waals surface area contributed by atoms with Crippen LogP contribution in [0.3, 0.4) is 0 Å². The smallest absolute Gasteiger partial charge is 0.257 e. The molecular formula is C21H29N3O2. The molecule has 2 aliphatic rings. The van der Waals surface area contributed by atoms with E-state index in [-0.39, 0.29) is 5.91 Å². The molecule has 2 aliphatic heterocycles. The van der Waals surface area contributed by atoms with E-state index >= 15 is 0 Å². The molecule has 0 N–H and O–H groups in total. The van der Waals surface area contributed by atoms with E-state index in [0.717, 1.165) is 69.5 Å². The average Bonchev–Trinajstić information content (AvgIpc) is 3.11. The van der Waals surface area contributed by atoms with Crippen LogP contribution in [0.5, 0.6) is 0 Å². The quantitative estimate of drug-likeness (QED) is 0.845. The van der Waals surface area contributed by atoms with Gasteiger partial charge in [0.2, 0.25) is 0 Å². The lowest BCUT2D eigenvalue weighted by molar-refractivity contribution is 0.0571. The predicted octanol–water partition coefficient (Wildman–Crippen LogP) is 3.07. The van der Waals surface area contributed by atoms with Crippen LogP contribution in [0.2, 0.25) is 0 Å². The lowest BCUT2D eigenvalue weighted by atomic mass is 9.97. The van der Waals surface area contributed by atoms with E-state index < -0.39 is 0 Å². The molecule has 0 saturated carbocycles. The largest absolute Gasteiger partial charge is 0.463 e. The van der Waals surface area contributed by atoms with Crippen molar-refractivity contribution in [3.63, 3.8) is 0 Å². The number of hydrogen-bond acceptors (Lipinski definition) is 4. The Morgan fingerprint density at radius 1 is 1.12 bits per heavy atom. The topological polar surface area (TPSA) is 39.9 Å². The summed E-state index contributed by atoms with van der Waals surface area (Å²) in [4.78, 5) is 20.3. The maximum atomic E-state index is 13.2. The minimum Gasteiger partial charge on any atom is -0.463 e. The first kappa shape index (κ1) is 17.6. The molecule has 1 aromatic carbocycles. The Kier molecular flexibility index (Phi) is 5.27. The first-order chi connectivity index (χ1) is 12.7. The number of carbonyl (C=O) groups is 1. The van der Waals surface area contributed by atoms with Crippen LogP contribution < -0.4 is 0 Å². The van der Waals surface area contributed by atoms with Gasteiger partial charge in [0, 0.05) is 50.7 Å². The van der Waals surface area contributed by atoms with E-state index in [9.17, 15) is 4.79 Å². The molecule has 4 rings (SSSR count). The second kappa shape index (κ2) is 7.80. The van der Waals surface area contributed by atoms with Gasteiger partial charge in [-0.25, -0.2) is 0 Å². The summed E-state index contributed by atoms with van der Waals surface area (Å²) < 4.78 is 5.60. The zero-order valence-corrected chi connectivity index (χ0v) is 15.7. The molecule has 0 radical (unpaired) electrons. The zero-order chi connectivity index (χ0) is 17.9. The molecule has 0 spiro atoms. The van der Waals surface area contributed by atoms with Crippen molar-refractivity contribution in [1.29, 1.82) is 0 Å². The van der Waals surface area contributed by atoms with Gasteiger partial charge in [-0.1, -0.05) is 18.2 Å². The number of piperazine rings is 1. The summed E-state index contributed by atoms with van der Waals surface area (Å²) in [6, 6.07) is 8.17. The molecule has 5 heteroatoms. The Balaban J connectivity index is 1.44. The highest BCUT2D eigenvalue weighted by molar-refractivity contribution is 6.06. The van der Waals surface area contributed by atoms with Gasteiger partial charge in [-0.3, -0.25) is 4.79 Å². The Morgan fingerprint density at radius 2 is 1.92 bits per heavy atom. The summed E-state index contributed by atoms with van der Waals surface area (Å²) in [5.41, 5.74) is 1.51.